The summed E-state index contributed by atoms with van der Waals surface area (Å²) in [6.45, 7) is 1.16. The molecule has 0 atom stereocenters. The Balaban J connectivity index is 2.22. The highest BCUT2D eigenvalue weighted by Gasteiger charge is 2.16. The second kappa shape index (κ2) is 7.60. The lowest BCUT2D eigenvalue weighted by atomic mass is 10.3. The van der Waals surface area contributed by atoms with Gasteiger partial charge < -0.3 is 28.7 Å². The molecular formula is C13H16BrNO6. The lowest BCUT2D eigenvalue weighted by molar-refractivity contribution is 0.0959. The van der Waals surface area contributed by atoms with Gasteiger partial charge in [-0.1, -0.05) is 0 Å². The van der Waals surface area contributed by atoms with Crippen LogP contribution in [0.15, 0.2) is 30.4 Å². The molecule has 0 spiro atoms. The van der Waals surface area contributed by atoms with Gasteiger partial charge in [-0.2, -0.15) is 0 Å². The minimum absolute atomic E-state index is 0.0526. The maximum absolute atomic E-state index is 12.0. The number of halogens is 1. The molecule has 2 aromatic rings. The van der Waals surface area contributed by atoms with E-state index in [1.165, 1.54) is 12.3 Å². The molecule has 2 rings (SSSR count). The summed E-state index contributed by atoms with van der Waals surface area (Å²) in [5.74, 6) is 0.330. The SMILES string of the molecule is O=c1cc(N(CCO)CCOCCO)oc2c(Br)coc12. The van der Waals surface area contributed by atoms with Crippen LogP contribution in [0.1, 0.15) is 0 Å². The minimum atomic E-state index is -0.295. The number of fused-ring (bicyclic) bond motifs is 1. The van der Waals surface area contributed by atoms with Gasteiger partial charge in [0.1, 0.15) is 6.26 Å². The zero-order valence-electron chi connectivity index (χ0n) is 11.2. The highest BCUT2D eigenvalue weighted by Crippen LogP contribution is 2.27. The van der Waals surface area contributed by atoms with E-state index < -0.39 is 0 Å². The van der Waals surface area contributed by atoms with Crippen molar-refractivity contribution in [3.05, 3.63) is 27.0 Å². The largest absolute Gasteiger partial charge is 0.456 e. The number of hydrogen-bond donors (Lipinski definition) is 2. The Hall–Kier alpha value is -1.35. The van der Waals surface area contributed by atoms with Crippen LogP contribution in [0.4, 0.5) is 5.88 Å². The van der Waals surface area contributed by atoms with E-state index >= 15 is 0 Å². The zero-order valence-corrected chi connectivity index (χ0v) is 12.8. The van der Waals surface area contributed by atoms with Gasteiger partial charge in [-0.3, -0.25) is 4.79 Å². The van der Waals surface area contributed by atoms with E-state index in [9.17, 15) is 4.79 Å². The molecule has 2 aromatic heterocycles. The van der Waals surface area contributed by atoms with E-state index in [0.29, 0.717) is 35.6 Å². The van der Waals surface area contributed by atoms with E-state index in [0.717, 1.165) is 0 Å². The molecule has 0 radical (unpaired) electrons. The van der Waals surface area contributed by atoms with Crippen molar-refractivity contribution in [3.8, 4) is 0 Å². The summed E-state index contributed by atoms with van der Waals surface area (Å²) in [5.41, 5.74) is 0.180. The van der Waals surface area contributed by atoms with Gasteiger partial charge in [0.05, 0.1) is 37.0 Å². The summed E-state index contributed by atoms with van der Waals surface area (Å²) < 4.78 is 16.5. The van der Waals surface area contributed by atoms with E-state index in [2.05, 4.69) is 15.9 Å². The Morgan fingerprint density at radius 2 is 2.00 bits per heavy atom. The molecule has 0 amide bonds. The number of hydrogen-bond acceptors (Lipinski definition) is 7. The summed E-state index contributed by atoms with van der Waals surface area (Å²) in [6, 6.07) is 1.32. The van der Waals surface area contributed by atoms with Crippen molar-refractivity contribution in [2.45, 2.75) is 0 Å². The number of aliphatic hydroxyl groups is 2. The Morgan fingerprint density at radius 1 is 1.19 bits per heavy atom. The predicted octanol–water partition coefficient (Wildman–Crippen LogP) is 0.956. The topological polar surface area (TPSA) is 96.3 Å². The molecule has 0 aromatic carbocycles. The summed E-state index contributed by atoms with van der Waals surface area (Å²) in [6.07, 6.45) is 1.39. The normalized spacial score (nSPS) is 11.2. The van der Waals surface area contributed by atoms with E-state index in [1.807, 2.05) is 0 Å². The van der Waals surface area contributed by atoms with Crippen LogP contribution in [0, 0.1) is 0 Å². The second-order valence-electron chi connectivity index (χ2n) is 4.24. The van der Waals surface area contributed by atoms with Crippen LogP contribution in [0.5, 0.6) is 0 Å². The summed E-state index contributed by atoms with van der Waals surface area (Å²) in [5, 5.41) is 17.8. The molecule has 116 valence electrons. The number of ether oxygens (including phenoxy) is 1. The lowest BCUT2D eigenvalue weighted by Crippen LogP contribution is -2.31. The quantitative estimate of drug-likeness (QED) is 0.675. The Kier molecular flexibility index (Phi) is 5.80. The zero-order chi connectivity index (χ0) is 15.2. The van der Waals surface area contributed by atoms with E-state index in [1.54, 1.807) is 4.90 Å². The molecule has 8 heteroatoms. The number of aliphatic hydroxyl groups excluding tert-OH is 2. The van der Waals surface area contributed by atoms with Gasteiger partial charge in [0.15, 0.2) is 5.58 Å². The molecule has 0 saturated carbocycles. The first-order valence-corrected chi connectivity index (χ1v) is 7.22. The number of furan rings is 1. The van der Waals surface area contributed by atoms with Crippen LogP contribution in [-0.4, -0.2) is 49.7 Å². The molecule has 0 aliphatic heterocycles. The molecule has 0 aliphatic rings. The highest BCUT2D eigenvalue weighted by atomic mass is 79.9. The van der Waals surface area contributed by atoms with Crippen LogP contribution in [0.2, 0.25) is 0 Å². The smallest absolute Gasteiger partial charge is 0.230 e. The van der Waals surface area contributed by atoms with Crippen molar-refractivity contribution in [1.29, 1.82) is 0 Å². The van der Waals surface area contributed by atoms with Crippen molar-refractivity contribution in [3.63, 3.8) is 0 Å². The van der Waals surface area contributed by atoms with Gasteiger partial charge in [0.2, 0.25) is 16.9 Å². The Bertz CT molecular complexity index is 637. The summed E-state index contributed by atoms with van der Waals surface area (Å²) >= 11 is 3.25. The van der Waals surface area contributed by atoms with E-state index in [4.69, 9.17) is 23.8 Å². The van der Waals surface area contributed by atoms with Gasteiger partial charge in [0.25, 0.3) is 0 Å². The molecular weight excluding hydrogens is 346 g/mol. The fourth-order valence-corrected chi connectivity index (χ4v) is 2.21. The van der Waals surface area contributed by atoms with Crippen molar-refractivity contribution in [2.75, 3.05) is 44.4 Å². The summed E-state index contributed by atoms with van der Waals surface area (Å²) in [7, 11) is 0. The molecule has 21 heavy (non-hydrogen) atoms. The van der Waals surface area contributed by atoms with Crippen LogP contribution < -0.4 is 10.3 Å². The molecule has 0 aliphatic carbocycles. The van der Waals surface area contributed by atoms with Crippen molar-refractivity contribution < 1.29 is 23.8 Å². The number of anilines is 1. The monoisotopic (exact) mass is 361 g/mol. The molecule has 2 N–H and O–H groups in total. The molecule has 0 fully saturated rings. The van der Waals surface area contributed by atoms with Crippen LogP contribution in [0.25, 0.3) is 11.2 Å². The first-order valence-electron chi connectivity index (χ1n) is 6.42. The third-order valence-electron chi connectivity index (χ3n) is 2.81. The highest BCUT2D eigenvalue weighted by molar-refractivity contribution is 9.10. The van der Waals surface area contributed by atoms with Gasteiger partial charge in [-0.15, -0.1) is 0 Å². The lowest BCUT2D eigenvalue weighted by Gasteiger charge is -2.21. The van der Waals surface area contributed by atoms with Crippen molar-refractivity contribution in [2.24, 2.45) is 0 Å². The second-order valence-corrected chi connectivity index (χ2v) is 5.09. The standard InChI is InChI=1S/C13H16BrNO6/c14-9-8-20-13-10(18)7-11(21-12(9)13)15(1-3-16)2-5-19-6-4-17/h7-8,16-17H,1-6H2. The molecule has 0 saturated heterocycles. The van der Waals surface area contributed by atoms with Crippen LogP contribution in [0.3, 0.4) is 0 Å². The minimum Gasteiger partial charge on any atom is -0.456 e. The maximum Gasteiger partial charge on any atom is 0.230 e. The fraction of sp³-hybridized carbons (Fsp3) is 0.462. The average Bonchev–Trinajstić information content (AvgIpc) is 2.84. The maximum atomic E-state index is 12.0. The average molecular weight is 362 g/mol. The molecule has 7 nitrogen and oxygen atoms in total. The third-order valence-corrected chi connectivity index (χ3v) is 3.36. The fourth-order valence-electron chi connectivity index (χ4n) is 1.85. The van der Waals surface area contributed by atoms with Crippen LogP contribution >= 0.6 is 15.9 Å². The molecule has 2 heterocycles. The van der Waals surface area contributed by atoms with Crippen molar-refractivity contribution in [1.82, 2.24) is 0 Å². The van der Waals surface area contributed by atoms with Gasteiger partial charge >= 0.3 is 0 Å². The first kappa shape index (κ1) is 16.0. The van der Waals surface area contributed by atoms with Crippen molar-refractivity contribution >= 4 is 33.0 Å². The molecule has 0 unspecified atom stereocenters. The summed E-state index contributed by atoms with van der Waals surface area (Å²) in [4.78, 5) is 13.7. The van der Waals surface area contributed by atoms with Gasteiger partial charge in [-0.25, -0.2) is 0 Å². The molecule has 0 bridgehead atoms. The predicted molar refractivity (Wildman–Crippen MR) is 79.7 cm³/mol. The third kappa shape index (κ3) is 3.85. The Labute approximate surface area is 128 Å². The van der Waals surface area contributed by atoms with Crippen LogP contribution in [-0.2, 0) is 4.74 Å². The first-order chi connectivity index (χ1) is 10.2. The van der Waals surface area contributed by atoms with E-state index in [-0.39, 0.29) is 30.8 Å². The number of rotatable bonds is 8. The Morgan fingerprint density at radius 3 is 2.71 bits per heavy atom. The number of nitrogens with zero attached hydrogens (tertiary/aromatic N) is 1. The van der Waals surface area contributed by atoms with Gasteiger partial charge in [-0.05, 0) is 15.9 Å². The van der Waals surface area contributed by atoms with Gasteiger partial charge in [0, 0.05) is 13.1 Å².